The van der Waals surface area contributed by atoms with E-state index in [1.807, 2.05) is 30.3 Å². The van der Waals surface area contributed by atoms with E-state index in [9.17, 15) is 0 Å². The second-order valence-electron chi connectivity index (χ2n) is 5.02. The van der Waals surface area contributed by atoms with Gasteiger partial charge in [-0.2, -0.15) is 5.26 Å². The van der Waals surface area contributed by atoms with Crippen LogP contribution >= 0.6 is 23.2 Å². The fraction of sp³-hybridized carbons (Fsp3) is 0.235. The Hall–Kier alpha value is -1.53. The molecule has 0 fully saturated rings. The molecule has 0 aromatic heterocycles. The van der Waals surface area contributed by atoms with E-state index in [1.165, 1.54) is 0 Å². The molecule has 2 aromatic carbocycles. The third kappa shape index (κ3) is 3.98. The van der Waals surface area contributed by atoms with E-state index in [2.05, 4.69) is 25.2 Å². The molecule has 21 heavy (non-hydrogen) atoms. The minimum atomic E-state index is 0.125. The van der Waals surface area contributed by atoms with Crippen molar-refractivity contribution >= 4 is 23.2 Å². The number of halogens is 2. The molecule has 2 nitrogen and oxygen atoms in total. The lowest BCUT2D eigenvalue weighted by Crippen LogP contribution is -2.22. The molecule has 2 rings (SSSR count). The molecular formula is C17H16Cl2N2. The Labute approximate surface area is 135 Å². The summed E-state index contributed by atoms with van der Waals surface area (Å²) in [5.41, 5.74) is 2.83. The van der Waals surface area contributed by atoms with Gasteiger partial charge in [-0.05, 0) is 49.2 Å². The molecule has 0 aliphatic rings. The van der Waals surface area contributed by atoms with Gasteiger partial charge < -0.3 is 5.32 Å². The number of hydrogen-bond acceptors (Lipinski definition) is 2. The fourth-order valence-electron chi connectivity index (χ4n) is 2.23. The average molecular weight is 319 g/mol. The zero-order chi connectivity index (χ0) is 15.4. The lowest BCUT2D eigenvalue weighted by atomic mass is 10.0. The Balaban J connectivity index is 2.12. The van der Waals surface area contributed by atoms with Gasteiger partial charge in [0.1, 0.15) is 0 Å². The molecule has 0 heterocycles. The monoisotopic (exact) mass is 318 g/mol. The summed E-state index contributed by atoms with van der Waals surface area (Å²) in [6.07, 6.45) is 0. The van der Waals surface area contributed by atoms with Crippen molar-refractivity contribution in [2.75, 3.05) is 0 Å². The highest BCUT2D eigenvalue weighted by molar-refractivity contribution is 6.42. The largest absolute Gasteiger partial charge is 0.304 e. The first kappa shape index (κ1) is 15.9. The average Bonchev–Trinajstić information content (AvgIpc) is 2.49. The predicted octanol–water partition coefficient (Wildman–Crippen LogP) is 5.28. The fourth-order valence-corrected chi connectivity index (χ4v) is 2.53. The first-order chi connectivity index (χ1) is 10.0. The zero-order valence-corrected chi connectivity index (χ0v) is 13.4. The lowest BCUT2D eigenvalue weighted by Gasteiger charge is -2.21. The summed E-state index contributed by atoms with van der Waals surface area (Å²) >= 11 is 12.0. The van der Waals surface area contributed by atoms with Crippen LogP contribution in [0, 0.1) is 11.3 Å². The van der Waals surface area contributed by atoms with Crippen LogP contribution < -0.4 is 5.32 Å². The van der Waals surface area contributed by atoms with E-state index in [0.717, 1.165) is 11.1 Å². The summed E-state index contributed by atoms with van der Waals surface area (Å²) in [5, 5.41) is 13.6. The molecule has 0 aliphatic heterocycles. The topological polar surface area (TPSA) is 35.8 Å². The van der Waals surface area contributed by atoms with Crippen LogP contribution in [0.3, 0.4) is 0 Å². The van der Waals surface area contributed by atoms with Crippen LogP contribution in [0.5, 0.6) is 0 Å². The molecular weight excluding hydrogens is 303 g/mol. The standard InChI is InChI=1S/C17H16Cl2N2/c1-11(14-5-3-4-13(8-14)10-20)21-12(2)15-6-7-16(18)17(19)9-15/h3-9,11-12,21H,1-2H3. The molecule has 0 saturated carbocycles. The van der Waals surface area contributed by atoms with E-state index >= 15 is 0 Å². The Bertz CT molecular complexity index is 677. The lowest BCUT2D eigenvalue weighted by molar-refractivity contribution is 0.494. The zero-order valence-electron chi connectivity index (χ0n) is 11.9. The maximum absolute atomic E-state index is 8.96. The van der Waals surface area contributed by atoms with Crippen LogP contribution in [-0.2, 0) is 0 Å². The van der Waals surface area contributed by atoms with E-state index in [-0.39, 0.29) is 12.1 Å². The van der Waals surface area contributed by atoms with Gasteiger partial charge in [-0.3, -0.25) is 0 Å². The number of nitrogens with one attached hydrogen (secondary N) is 1. The number of nitrogens with zero attached hydrogens (tertiary/aromatic N) is 1. The van der Waals surface area contributed by atoms with Gasteiger partial charge in [0.2, 0.25) is 0 Å². The Morgan fingerprint density at radius 2 is 1.62 bits per heavy atom. The normalized spacial score (nSPS) is 13.5. The summed E-state index contributed by atoms with van der Waals surface area (Å²) in [4.78, 5) is 0. The quantitative estimate of drug-likeness (QED) is 0.832. The van der Waals surface area contributed by atoms with E-state index in [4.69, 9.17) is 28.5 Å². The minimum Gasteiger partial charge on any atom is -0.304 e. The molecule has 0 saturated heterocycles. The maximum atomic E-state index is 8.96. The third-order valence-electron chi connectivity index (χ3n) is 3.46. The first-order valence-electron chi connectivity index (χ1n) is 6.72. The number of rotatable bonds is 4. The molecule has 2 unspecified atom stereocenters. The molecule has 2 atom stereocenters. The minimum absolute atomic E-state index is 0.125. The molecule has 2 aromatic rings. The summed E-state index contributed by atoms with van der Waals surface area (Å²) < 4.78 is 0. The van der Waals surface area contributed by atoms with Crippen molar-refractivity contribution in [2.45, 2.75) is 25.9 Å². The van der Waals surface area contributed by atoms with Crippen molar-refractivity contribution in [1.82, 2.24) is 5.32 Å². The van der Waals surface area contributed by atoms with Crippen molar-refractivity contribution in [3.63, 3.8) is 0 Å². The Morgan fingerprint density at radius 3 is 2.24 bits per heavy atom. The summed E-state index contributed by atoms with van der Waals surface area (Å²) in [6, 6.07) is 15.7. The first-order valence-corrected chi connectivity index (χ1v) is 7.48. The molecule has 108 valence electrons. The molecule has 0 radical (unpaired) electrons. The number of nitriles is 1. The Kier molecular flexibility index (Phi) is 5.25. The number of hydrogen-bond donors (Lipinski definition) is 1. The van der Waals surface area contributed by atoms with Crippen molar-refractivity contribution in [3.05, 3.63) is 69.2 Å². The van der Waals surface area contributed by atoms with Crippen molar-refractivity contribution in [3.8, 4) is 6.07 Å². The molecule has 0 spiro atoms. The summed E-state index contributed by atoms with van der Waals surface area (Å²) in [5.74, 6) is 0. The van der Waals surface area contributed by atoms with Gasteiger partial charge in [-0.1, -0.05) is 41.4 Å². The van der Waals surface area contributed by atoms with Crippen LogP contribution in [0.4, 0.5) is 0 Å². The van der Waals surface area contributed by atoms with Crippen molar-refractivity contribution in [2.24, 2.45) is 0 Å². The van der Waals surface area contributed by atoms with Crippen LogP contribution in [0.1, 0.15) is 42.6 Å². The van der Waals surface area contributed by atoms with Gasteiger partial charge >= 0.3 is 0 Å². The Morgan fingerprint density at radius 1 is 0.952 bits per heavy atom. The van der Waals surface area contributed by atoms with Crippen LogP contribution in [0.25, 0.3) is 0 Å². The smallest absolute Gasteiger partial charge is 0.0991 e. The van der Waals surface area contributed by atoms with Crippen molar-refractivity contribution in [1.29, 1.82) is 5.26 Å². The highest BCUT2D eigenvalue weighted by Gasteiger charge is 2.12. The molecule has 0 amide bonds. The van der Waals surface area contributed by atoms with E-state index in [1.54, 1.807) is 12.1 Å². The van der Waals surface area contributed by atoms with E-state index < -0.39 is 0 Å². The molecule has 4 heteroatoms. The van der Waals surface area contributed by atoms with Crippen LogP contribution in [0.15, 0.2) is 42.5 Å². The third-order valence-corrected chi connectivity index (χ3v) is 4.20. The van der Waals surface area contributed by atoms with Gasteiger partial charge in [0.05, 0.1) is 21.7 Å². The van der Waals surface area contributed by atoms with Gasteiger partial charge in [0.25, 0.3) is 0 Å². The van der Waals surface area contributed by atoms with Crippen LogP contribution in [0.2, 0.25) is 10.0 Å². The van der Waals surface area contributed by atoms with E-state index in [0.29, 0.717) is 15.6 Å². The maximum Gasteiger partial charge on any atom is 0.0991 e. The summed E-state index contributed by atoms with van der Waals surface area (Å²) in [6.45, 7) is 4.15. The highest BCUT2D eigenvalue weighted by Crippen LogP contribution is 2.27. The molecule has 1 N–H and O–H groups in total. The van der Waals surface area contributed by atoms with Gasteiger partial charge in [-0.15, -0.1) is 0 Å². The summed E-state index contributed by atoms with van der Waals surface area (Å²) in [7, 11) is 0. The van der Waals surface area contributed by atoms with Gasteiger partial charge in [0.15, 0.2) is 0 Å². The second-order valence-corrected chi connectivity index (χ2v) is 5.84. The number of benzene rings is 2. The SMILES string of the molecule is CC(NC(C)c1ccc(Cl)c(Cl)c1)c1cccc(C#N)c1. The van der Waals surface area contributed by atoms with Crippen LogP contribution in [-0.4, -0.2) is 0 Å². The highest BCUT2D eigenvalue weighted by atomic mass is 35.5. The van der Waals surface area contributed by atoms with Gasteiger partial charge in [0, 0.05) is 12.1 Å². The molecule has 0 bridgehead atoms. The van der Waals surface area contributed by atoms with Crippen molar-refractivity contribution < 1.29 is 0 Å². The second kappa shape index (κ2) is 6.95. The molecule has 0 aliphatic carbocycles. The van der Waals surface area contributed by atoms with Gasteiger partial charge in [-0.25, -0.2) is 0 Å². The predicted molar refractivity (Wildman–Crippen MR) is 87.6 cm³/mol.